The number of aryl methyl sites for hydroxylation is 1. The first-order valence-electron chi connectivity index (χ1n) is 11.5. The van der Waals surface area contributed by atoms with Crippen LogP contribution in [0.3, 0.4) is 0 Å². The molecule has 0 aliphatic carbocycles. The molecular formula is C27H41FO3Si. The zero-order valence-corrected chi connectivity index (χ0v) is 22.1. The smallest absolute Gasteiger partial charge is 0.188 e. The van der Waals surface area contributed by atoms with Gasteiger partial charge >= 0.3 is 0 Å². The van der Waals surface area contributed by atoms with Gasteiger partial charge in [-0.2, -0.15) is 0 Å². The predicted molar refractivity (Wildman–Crippen MR) is 134 cm³/mol. The molecule has 1 N–H and O–H groups in total. The summed E-state index contributed by atoms with van der Waals surface area (Å²) in [5, 5.41) is -0.101. The second-order valence-electron chi connectivity index (χ2n) is 11.0. The molecule has 5 heteroatoms. The maximum Gasteiger partial charge on any atom is 0.188 e. The van der Waals surface area contributed by atoms with E-state index < -0.39 is 8.32 Å². The normalized spacial score (nSPS) is 13.9. The number of ether oxygens (including phenoxy) is 2. The first-order chi connectivity index (χ1) is 14.8. The van der Waals surface area contributed by atoms with Crippen LogP contribution in [0.25, 0.3) is 11.1 Å². The molecule has 0 radical (unpaired) electrons. The third-order valence-corrected chi connectivity index (χ3v) is 10.2. The molecule has 0 heterocycles. The maximum absolute atomic E-state index is 14.8. The van der Waals surface area contributed by atoms with Crippen LogP contribution in [-0.2, 0) is 15.9 Å². The molecular weight excluding hydrogens is 419 g/mol. The van der Waals surface area contributed by atoms with Gasteiger partial charge < -0.3 is 14.3 Å². The van der Waals surface area contributed by atoms with E-state index >= 15 is 0 Å². The van der Waals surface area contributed by atoms with Gasteiger partial charge in [0, 0.05) is 12.7 Å². The summed E-state index contributed by atoms with van der Waals surface area (Å²) in [5.41, 5.74) is 3.43. The minimum absolute atomic E-state index is 0.101. The van der Waals surface area contributed by atoms with Crippen LogP contribution in [0.15, 0.2) is 42.5 Å². The molecule has 0 spiro atoms. The molecule has 2 aromatic carbocycles. The minimum atomic E-state index is -2.29. The van der Waals surface area contributed by atoms with Gasteiger partial charge in [-0.25, -0.2) is 4.39 Å². The van der Waals surface area contributed by atoms with Gasteiger partial charge in [0.2, 0.25) is 0 Å². The predicted octanol–water partition coefficient (Wildman–Crippen LogP) is 7.15. The molecule has 3 nitrogen and oxygen atoms in total. The van der Waals surface area contributed by atoms with Gasteiger partial charge in [-0.1, -0.05) is 71.0 Å². The molecule has 0 saturated carbocycles. The molecule has 0 aliphatic rings. The second-order valence-corrected chi connectivity index (χ2v) is 15.4. The van der Waals surface area contributed by atoms with E-state index in [1.165, 1.54) is 11.6 Å². The van der Waals surface area contributed by atoms with E-state index in [0.29, 0.717) is 18.8 Å². The fourth-order valence-electron chi connectivity index (χ4n) is 3.73. The fourth-order valence-corrected chi connectivity index (χ4v) is 4.46. The van der Waals surface area contributed by atoms with Crippen molar-refractivity contribution >= 4 is 8.32 Å². The monoisotopic (exact) mass is 460 g/mol. The SMILES string of the molecule is COCCO[C@@H](c1cc(CCC(C)(C)[Si](C)(C)O)ccc1-c1ccccc1F)C(C)(C)C. The minimum Gasteiger partial charge on any atom is -0.432 e. The lowest BCUT2D eigenvalue weighted by Gasteiger charge is -2.35. The molecule has 2 aromatic rings. The third kappa shape index (κ3) is 6.74. The van der Waals surface area contributed by atoms with Crippen molar-refractivity contribution < 1.29 is 18.7 Å². The highest BCUT2D eigenvalue weighted by Crippen LogP contribution is 2.43. The van der Waals surface area contributed by atoms with E-state index in [1.54, 1.807) is 13.2 Å². The van der Waals surface area contributed by atoms with Crippen LogP contribution in [0.2, 0.25) is 18.1 Å². The average Bonchev–Trinajstić information content (AvgIpc) is 2.68. The quantitative estimate of drug-likeness (QED) is 0.302. The summed E-state index contributed by atoms with van der Waals surface area (Å²) in [7, 11) is -0.624. The van der Waals surface area contributed by atoms with Crippen molar-refractivity contribution in [2.24, 2.45) is 5.41 Å². The number of hydrogen-bond acceptors (Lipinski definition) is 3. The van der Waals surface area contributed by atoms with Gasteiger partial charge in [-0.3, -0.25) is 0 Å². The van der Waals surface area contributed by atoms with Crippen LogP contribution in [-0.4, -0.2) is 33.4 Å². The Morgan fingerprint density at radius 3 is 2.19 bits per heavy atom. The Bertz CT molecular complexity index is 881. The summed E-state index contributed by atoms with van der Waals surface area (Å²) in [4.78, 5) is 10.7. The number of benzene rings is 2. The largest absolute Gasteiger partial charge is 0.432 e. The van der Waals surface area contributed by atoms with Gasteiger partial charge in [-0.05, 0) is 59.1 Å². The molecule has 0 bridgehead atoms. The molecule has 178 valence electrons. The molecule has 32 heavy (non-hydrogen) atoms. The summed E-state index contributed by atoms with van der Waals surface area (Å²) in [5.74, 6) is -0.236. The molecule has 0 fully saturated rings. The standard InChI is InChI=1S/C27H41FO3Si/c1-26(2,3)25(31-18-17-30-6)23-19-20(15-16-27(4,5)32(7,8)29)13-14-21(23)22-11-9-10-12-24(22)28/h9-14,19,25,29H,15-18H2,1-8H3/t25-/m0/s1. The van der Waals surface area contributed by atoms with Crippen LogP contribution in [0, 0.1) is 11.2 Å². The van der Waals surface area contributed by atoms with Crippen molar-refractivity contribution in [3.8, 4) is 11.1 Å². The lowest BCUT2D eigenvalue weighted by molar-refractivity contribution is -0.0390. The van der Waals surface area contributed by atoms with Crippen molar-refractivity contribution in [2.45, 2.75) is 71.7 Å². The Labute approximate surface area is 195 Å². The van der Waals surface area contributed by atoms with Crippen molar-refractivity contribution in [1.29, 1.82) is 0 Å². The van der Waals surface area contributed by atoms with Crippen LogP contribution in [0.1, 0.15) is 58.3 Å². The Balaban J connectivity index is 2.52. The lowest BCUT2D eigenvalue weighted by Crippen LogP contribution is -2.39. The van der Waals surface area contributed by atoms with E-state index in [-0.39, 0.29) is 22.4 Å². The van der Waals surface area contributed by atoms with Crippen LogP contribution >= 0.6 is 0 Å². The van der Waals surface area contributed by atoms with E-state index in [2.05, 4.69) is 46.8 Å². The summed E-state index contributed by atoms with van der Waals surface area (Å²) in [6.07, 6.45) is 1.53. The number of halogens is 1. The molecule has 0 amide bonds. The Morgan fingerprint density at radius 1 is 0.969 bits per heavy atom. The Hall–Kier alpha value is -1.53. The van der Waals surface area contributed by atoms with Crippen molar-refractivity contribution in [2.75, 3.05) is 20.3 Å². The topological polar surface area (TPSA) is 38.7 Å². The first-order valence-corrected chi connectivity index (χ1v) is 14.4. The summed E-state index contributed by atoms with van der Waals surface area (Å²) in [6, 6.07) is 13.2. The Morgan fingerprint density at radius 2 is 1.62 bits per heavy atom. The van der Waals surface area contributed by atoms with E-state index in [4.69, 9.17) is 9.47 Å². The van der Waals surface area contributed by atoms with Gasteiger partial charge in [-0.15, -0.1) is 0 Å². The van der Waals surface area contributed by atoms with E-state index in [0.717, 1.165) is 24.0 Å². The van der Waals surface area contributed by atoms with Gasteiger partial charge in [0.15, 0.2) is 8.32 Å². The molecule has 0 unspecified atom stereocenters. The highest BCUT2D eigenvalue weighted by molar-refractivity contribution is 6.72. The average molecular weight is 461 g/mol. The summed E-state index contributed by atoms with van der Waals surface area (Å²) < 4.78 is 26.3. The number of hydrogen-bond donors (Lipinski definition) is 1. The number of rotatable bonds is 10. The lowest BCUT2D eigenvalue weighted by atomic mass is 9.80. The molecule has 0 aliphatic heterocycles. The zero-order valence-electron chi connectivity index (χ0n) is 21.1. The second kappa shape index (κ2) is 10.6. The fraction of sp³-hybridized carbons (Fsp3) is 0.556. The molecule has 0 saturated heterocycles. The van der Waals surface area contributed by atoms with Gasteiger partial charge in [0.25, 0.3) is 0 Å². The van der Waals surface area contributed by atoms with E-state index in [1.807, 2.05) is 31.3 Å². The summed E-state index contributed by atoms with van der Waals surface area (Å²) in [6.45, 7) is 15.7. The highest BCUT2D eigenvalue weighted by atomic mass is 28.4. The van der Waals surface area contributed by atoms with Crippen LogP contribution in [0.5, 0.6) is 0 Å². The van der Waals surface area contributed by atoms with E-state index in [9.17, 15) is 9.19 Å². The first kappa shape index (κ1) is 26.7. The zero-order chi connectivity index (χ0) is 24.2. The molecule has 2 rings (SSSR count). The molecule has 1 atom stereocenters. The van der Waals surface area contributed by atoms with Gasteiger partial charge in [0.1, 0.15) is 5.82 Å². The molecule has 0 aromatic heterocycles. The third-order valence-electron chi connectivity index (χ3n) is 6.62. The number of methoxy groups -OCH3 is 1. The van der Waals surface area contributed by atoms with Crippen LogP contribution < -0.4 is 0 Å². The van der Waals surface area contributed by atoms with Crippen molar-refractivity contribution in [1.82, 2.24) is 0 Å². The van der Waals surface area contributed by atoms with Gasteiger partial charge in [0.05, 0.1) is 19.3 Å². The summed E-state index contributed by atoms with van der Waals surface area (Å²) >= 11 is 0. The Kier molecular flexibility index (Phi) is 8.85. The van der Waals surface area contributed by atoms with Crippen molar-refractivity contribution in [3.63, 3.8) is 0 Å². The van der Waals surface area contributed by atoms with Crippen LogP contribution in [0.4, 0.5) is 4.39 Å². The maximum atomic E-state index is 14.8. The highest BCUT2D eigenvalue weighted by Gasteiger charge is 2.37. The van der Waals surface area contributed by atoms with Crippen molar-refractivity contribution in [3.05, 3.63) is 59.4 Å².